The highest BCUT2D eigenvalue weighted by Crippen LogP contribution is 2.38. The number of hydrogen-bond acceptors (Lipinski definition) is 2. The lowest BCUT2D eigenvalue weighted by molar-refractivity contribution is 0.628. The van der Waals surface area contributed by atoms with Crippen LogP contribution < -0.4 is 5.73 Å². The van der Waals surface area contributed by atoms with Gasteiger partial charge in [0.15, 0.2) is 0 Å². The molecule has 1 heterocycles. The van der Waals surface area contributed by atoms with Gasteiger partial charge in [-0.05, 0) is 37.1 Å². The van der Waals surface area contributed by atoms with Crippen LogP contribution in [0.1, 0.15) is 24.6 Å². The van der Waals surface area contributed by atoms with Crippen molar-refractivity contribution in [1.82, 2.24) is 9.55 Å². The van der Waals surface area contributed by atoms with Gasteiger partial charge in [0.1, 0.15) is 11.6 Å². The Kier molecular flexibility index (Phi) is 2.44. The van der Waals surface area contributed by atoms with Crippen LogP contribution in [0.5, 0.6) is 0 Å². The summed E-state index contributed by atoms with van der Waals surface area (Å²) < 4.78 is 15.1. The second kappa shape index (κ2) is 3.96. The zero-order valence-electron chi connectivity index (χ0n) is 9.44. The lowest BCUT2D eigenvalue weighted by Crippen LogP contribution is -1.95. The van der Waals surface area contributed by atoms with Gasteiger partial charge in [-0.3, -0.25) is 0 Å². The molecule has 17 heavy (non-hydrogen) atoms. The molecule has 0 saturated heterocycles. The Morgan fingerprint density at radius 1 is 1.29 bits per heavy atom. The Morgan fingerprint density at radius 3 is 2.59 bits per heavy atom. The summed E-state index contributed by atoms with van der Waals surface area (Å²) in [6, 6.07) is 6.99. The van der Waals surface area contributed by atoms with Gasteiger partial charge in [-0.15, -0.1) is 0 Å². The third-order valence-electron chi connectivity index (χ3n) is 3.03. The van der Waals surface area contributed by atoms with Crippen LogP contribution in [0.25, 0.3) is 11.4 Å². The second-order valence-electron chi connectivity index (χ2n) is 4.41. The monoisotopic (exact) mass is 231 g/mol. The van der Waals surface area contributed by atoms with E-state index in [1.807, 2.05) is 6.20 Å². The molecule has 0 spiro atoms. The molecule has 0 unspecified atom stereocenters. The van der Waals surface area contributed by atoms with Gasteiger partial charge < -0.3 is 10.3 Å². The van der Waals surface area contributed by atoms with Crippen molar-refractivity contribution in [2.45, 2.75) is 25.4 Å². The van der Waals surface area contributed by atoms with Crippen LogP contribution in [0.3, 0.4) is 0 Å². The van der Waals surface area contributed by atoms with Gasteiger partial charge in [-0.25, -0.2) is 9.37 Å². The quantitative estimate of drug-likeness (QED) is 0.882. The second-order valence-corrected chi connectivity index (χ2v) is 4.41. The summed E-state index contributed by atoms with van der Waals surface area (Å²) in [6.07, 6.45) is 4.39. The van der Waals surface area contributed by atoms with E-state index < -0.39 is 0 Å². The van der Waals surface area contributed by atoms with Crippen LogP contribution in [0.2, 0.25) is 0 Å². The van der Waals surface area contributed by atoms with Crippen LogP contribution in [-0.4, -0.2) is 9.55 Å². The minimum Gasteiger partial charge on any atom is -0.328 e. The fourth-order valence-corrected chi connectivity index (χ4v) is 1.99. The largest absolute Gasteiger partial charge is 0.328 e. The summed E-state index contributed by atoms with van der Waals surface area (Å²) in [5.74, 6) is 0.672. The number of aromatic nitrogens is 2. The Labute approximate surface area is 99.1 Å². The SMILES string of the molecule is NCc1cn(C2CC2)c(-c2ccc(F)cc2)n1. The highest BCUT2D eigenvalue weighted by atomic mass is 19.1. The molecule has 1 saturated carbocycles. The fraction of sp³-hybridized carbons (Fsp3) is 0.308. The van der Waals surface area contributed by atoms with Gasteiger partial charge in [0.25, 0.3) is 0 Å². The van der Waals surface area contributed by atoms with Crippen molar-refractivity contribution in [3.05, 3.63) is 42.0 Å². The van der Waals surface area contributed by atoms with Gasteiger partial charge in [0, 0.05) is 24.3 Å². The van der Waals surface area contributed by atoms with E-state index in [4.69, 9.17) is 5.73 Å². The predicted molar refractivity (Wildman–Crippen MR) is 63.8 cm³/mol. The van der Waals surface area contributed by atoms with Crippen molar-refractivity contribution in [3.8, 4) is 11.4 Å². The van der Waals surface area contributed by atoms with Crippen LogP contribution >= 0.6 is 0 Å². The maximum absolute atomic E-state index is 12.9. The number of rotatable bonds is 3. The first kappa shape index (κ1) is 10.5. The maximum atomic E-state index is 12.9. The number of nitrogens with two attached hydrogens (primary N) is 1. The molecule has 0 amide bonds. The average molecular weight is 231 g/mol. The third kappa shape index (κ3) is 1.96. The van der Waals surface area contributed by atoms with E-state index in [0.717, 1.165) is 17.1 Å². The molecule has 88 valence electrons. The van der Waals surface area contributed by atoms with Crippen LogP contribution in [0.4, 0.5) is 4.39 Å². The summed E-state index contributed by atoms with van der Waals surface area (Å²) in [5, 5.41) is 0. The molecular weight excluding hydrogens is 217 g/mol. The van der Waals surface area contributed by atoms with Crippen molar-refractivity contribution in [2.24, 2.45) is 5.73 Å². The van der Waals surface area contributed by atoms with E-state index in [2.05, 4.69) is 9.55 Å². The van der Waals surface area contributed by atoms with Crippen LogP contribution in [0.15, 0.2) is 30.5 Å². The lowest BCUT2D eigenvalue weighted by Gasteiger charge is -2.05. The molecule has 2 aromatic rings. The number of nitrogens with zero attached hydrogens (tertiary/aromatic N) is 2. The van der Waals surface area contributed by atoms with Crippen molar-refractivity contribution in [1.29, 1.82) is 0 Å². The Bertz CT molecular complexity index is 526. The Balaban J connectivity index is 2.05. The fourth-order valence-electron chi connectivity index (χ4n) is 1.99. The molecule has 3 nitrogen and oxygen atoms in total. The number of imidazole rings is 1. The molecule has 4 heteroatoms. The third-order valence-corrected chi connectivity index (χ3v) is 3.03. The van der Waals surface area contributed by atoms with Gasteiger partial charge in [-0.1, -0.05) is 0 Å². The first-order chi connectivity index (χ1) is 8.28. The smallest absolute Gasteiger partial charge is 0.140 e. The van der Waals surface area contributed by atoms with E-state index in [1.165, 1.54) is 25.0 Å². The molecule has 0 bridgehead atoms. The molecule has 1 aromatic carbocycles. The van der Waals surface area contributed by atoms with E-state index >= 15 is 0 Å². The van der Waals surface area contributed by atoms with Crippen molar-refractivity contribution in [3.63, 3.8) is 0 Å². The first-order valence-corrected chi connectivity index (χ1v) is 5.81. The number of hydrogen-bond donors (Lipinski definition) is 1. The average Bonchev–Trinajstić information content (AvgIpc) is 3.10. The maximum Gasteiger partial charge on any atom is 0.140 e. The molecule has 0 aliphatic heterocycles. The molecule has 3 rings (SSSR count). The molecule has 1 aromatic heterocycles. The number of benzene rings is 1. The molecule has 1 aliphatic rings. The molecule has 0 atom stereocenters. The molecular formula is C13H14FN3. The highest BCUT2D eigenvalue weighted by Gasteiger charge is 2.26. The van der Waals surface area contributed by atoms with Gasteiger partial charge in [0.05, 0.1) is 5.69 Å². The summed E-state index contributed by atoms with van der Waals surface area (Å²) in [5.41, 5.74) is 7.45. The highest BCUT2D eigenvalue weighted by molar-refractivity contribution is 5.56. The minimum absolute atomic E-state index is 0.225. The normalized spacial score (nSPS) is 15.2. The van der Waals surface area contributed by atoms with Crippen molar-refractivity contribution < 1.29 is 4.39 Å². The molecule has 1 aliphatic carbocycles. The van der Waals surface area contributed by atoms with Crippen molar-refractivity contribution >= 4 is 0 Å². The summed E-state index contributed by atoms with van der Waals surface area (Å²) >= 11 is 0. The summed E-state index contributed by atoms with van der Waals surface area (Å²) in [7, 11) is 0. The zero-order chi connectivity index (χ0) is 11.8. The Morgan fingerprint density at radius 2 is 2.00 bits per heavy atom. The lowest BCUT2D eigenvalue weighted by atomic mass is 10.2. The van der Waals surface area contributed by atoms with E-state index in [-0.39, 0.29) is 5.82 Å². The minimum atomic E-state index is -0.225. The number of halogens is 1. The first-order valence-electron chi connectivity index (χ1n) is 5.81. The van der Waals surface area contributed by atoms with Crippen LogP contribution in [-0.2, 0) is 6.54 Å². The van der Waals surface area contributed by atoms with Crippen molar-refractivity contribution in [2.75, 3.05) is 0 Å². The molecule has 1 fully saturated rings. The predicted octanol–water partition coefficient (Wildman–Crippen LogP) is 2.48. The van der Waals surface area contributed by atoms with E-state index in [0.29, 0.717) is 12.6 Å². The van der Waals surface area contributed by atoms with Gasteiger partial charge in [0.2, 0.25) is 0 Å². The summed E-state index contributed by atoms with van der Waals surface area (Å²) in [4.78, 5) is 4.51. The van der Waals surface area contributed by atoms with Crippen LogP contribution in [0, 0.1) is 5.82 Å². The molecule has 0 radical (unpaired) electrons. The Hall–Kier alpha value is -1.68. The molecule has 2 N–H and O–H groups in total. The van der Waals surface area contributed by atoms with E-state index in [9.17, 15) is 4.39 Å². The van der Waals surface area contributed by atoms with Gasteiger partial charge in [-0.2, -0.15) is 0 Å². The topological polar surface area (TPSA) is 43.8 Å². The standard InChI is InChI=1S/C13H14FN3/c14-10-3-1-9(2-4-10)13-16-11(7-15)8-17(13)12-5-6-12/h1-4,8,12H,5-7,15H2. The zero-order valence-corrected chi connectivity index (χ0v) is 9.44. The van der Waals surface area contributed by atoms with E-state index in [1.54, 1.807) is 12.1 Å². The summed E-state index contributed by atoms with van der Waals surface area (Å²) in [6.45, 7) is 0.438. The van der Waals surface area contributed by atoms with Gasteiger partial charge >= 0.3 is 0 Å².